The second-order valence-corrected chi connectivity index (χ2v) is 3.98. The summed E-state index contributed by atoms with van der Waals surface area (Å²) >= 11 is 5.86. The van der Waals surface area contributed by atoms with Crippen molar-refractivity contribution in [3.8, 4) is 0 Å². The highest BCUT2D eigenvalue weighted by molar-refractivity contribution is 6.31. The van der Waals surface area contributed by atoms with E-state index in [-0.39, 0.29) is 0 Å². The number of nitrogens with two attached hydrogens (primary N) is 2. The number of urea groups is 1. The summed E-state index contributed by atoms with van der Waals surface area (Å²) in [6.45, 7) is 0.903. The second kappa shape index (κ2) is 4.50. The maximum Gasteiger partial charge on any atom is 0.312 e. The fourth-order valence-corrected chi connectivity index (χ4v) is 1.81. The van der Waals surface area contributed by atoms with Crippen molar-refractivity contribution in [1.82, 2.24) is 14.9 Å². The molecule has 0 aliphatic rings. The van der Waals surface area contributed by atoms with E-state index in [4.69, 9.17) is 23.1 Å². The Balaban J connectivity index is 2.27. The maximum absolute atomic E-state index is 10.6. The van der Waals surface area contributed by atoms with Crippen LogP contribution >= 0.6 is 11.6 Å². The SMILES string of the molecule is NC(=O)NCCn1c(N)nc2cc(Cl)ccc21. The lowest BCUT2D eigenvalue weighted by Gasteiger charge is -2.06. The molecule has 2 aromatic rings. The van der Waals surface area contributed by atoms with Crippen molar-refractivity contribution in [2.24, 2.45) is 5.73 Å². The van der Waals surface area contributed by atoms with Gasteiger partial charge in [-0.2, -0.15) is 0 Å². The lowest BCUT2D eigenvalue weighted by Crippen LogP contribution is -2.32. The van der Waals surface area contributed by atoms with Crippen molar-refractivity contribution >= 4 is 34.6 Å². The highest BCUT2D eigenvalue weighted by Crippen LogP contribution is 2.21. The zero-order valence-electron chi connectivity index (χ0n) is 8.98. The fourth-order valence-electron chi connectivity index (χ4n) is 1.65. The van der Waals surface area contributed by atoms with Crippen LogP contribution in [0, 0.1) is 0 Å². The number of anilines is 1. The Morgan fingerprint density at radius 3 is 3.00 bits per heavy atom. The number of fused-ring (bicyclic) bond motifs is 1. The predicted octanol–water partition coefficient (Wildman–Crippen LogP) is 0.940. The van der Waals surface area contributed by atoms with Crippen LogP contribution in [-0.4, -0.2) is 22.1 Å². The van der Waals surface area contributed by atoms with Crippen LogP contribution in [0.1, 0.15) is 0 Å². The van der Waals surface area contributed by atoms with Gasteiger partial charge in [0, 0.05) is 18.1 Å². The molecule has 0 aliphatic heterocycles. The Morgan fingerprint density at radius 2 is 2.29 bits per heavy atom. The van der Waals surface area contributed by atoms with Gasteiger partial charge in [0.25, 0.3) is 0 Å². The van der Waals surface area contributed by atoms with Gasteiger partial charge in [0.15, 0.2) is 0 Å². The number of amides is 2. The molecule has 0 bridgehead atoms. The van der Waals surface area contributed by atoms with E-state index in [0.29, 0.717) is 24.1 Å². The number of halogens is 1. The monoisotopic (exact) mass is 253 g/mol. The first-order chi connectivity index (χ1) is 8.08. The normalized spacial score (nSPS) is 10.6. The third kappa shape index (κ3) is 2.42. The minimum atomic E-state index is -0.559. The first-order valence-corrected chi connectivity index (χ1v) is 5.40. The van der Waals surface area contributed by atoms with E-state index in [9.17, 15) is 4.79 Å². The molecule has 0 unspecified atom stereocenters. The smallest absolute Gasteiger partial charge is 0.312 e. The predicted molar refractivity (Wildman–Crippen MR) is 66.7 cm³/mol. The number of aromatic nitrogens is 2. The summed E-state index contributed by atoms with van der Waals surface area (Å²) < 4.78 is 1.79. The van der Waals surface area contributed by atoms with E-state index < -0.39 is 6.03 Å². The quantitative estimate of drug-likeness (QED) is 0.759. The molecule has 7 heteroatoms. The van der Waals surface area contributed by atoms with Gasteiger partial charge < -0.3 is 21.4 Å². The number of nitrogen functional groups attached to an aromatic ring is 1. The Bertz CT molecular complexity index is 565. The zero-order chi connectivity index (χ0) is 12.4. The van der Waals surface area contributed by atoms with E-state index in [0.717, 1.165) is 11.0 Å². The van der Waals surface area contributed by atoms with Gasteiger partial charge in [-0.3, -0.25) is 0 Å². The number of rotatable bonds is 3. The van der Waals surface area contributed by atoms with Crippen LogP contribution in [0.25, 0.3) is 11.0 Å². The van der Waals surface area contributed by atoms with Crippen molar-refractivity contribution in [2.75, 3.05) is 12.3 Å². The first kappa shape index (κ1) is 11.5. The molecule has 1 heterocycles. The van der Waals surface area contributed by atoms with E-state index in [1.807, 2.05) is 6.07 Å². The molecule has 0 aliphatic carbocycles. The van der Waals surface area contributed by atoms with Crippen molar-refractivity contribution in [3.63, 3.8) is 0 Å². The Hall–Kier alpha value is -1.95. The van der Waals surface area contributed by atoms with Gasteiger partial charge in [-0.05, 0) is 18.2 Å². The van der Waals surface area contributed by atoms with Crippen LogP contribution in [0.2, 0.25) is 5.02 Å². The van der Waals surface area contributed by atoms with Gasteiger partial charge in [0.2, 0.25) is 5.95 Å². The van der Waals surface area contributed by atoms with Gasteiger partial charge in [0.1, 0.15) is 0 Å². The molecule has 0 radical (unpaired) electrons. The summed E-state index contributed by atoms with van der Waals surface area (Å²) in [7, 11) is 0. The largest absolute Gasteiger partial charge is 0.369 e. The summed E-state index contributed by atoms with van der Waals surface area (Å²) in [6.07, 6.45) is 0. The van der Waals surface area contributed by atoms with Crippen LogP contribution in [0.4, 0.5) is 10.7 Å². The first-order valence-electron chi connectivity index (χ1n) is 5.02. The van der Waals surface area contributed by atoms with Crippen molar-refractivity contribution < 1.29 is 4.79 Å². The number of benzene rings is 1. The molecule has 17 heavy (non-hydrogen) atoms. The van der Waals surface area contributed by atoms with Crippen molar-refractivity contribution in [2.45, 2.75) is 6.54 Å². The molecular formula is C10H12ClN5O. The number of hydrogen-bond acceptors (Lipinski definition) is 3. The van der Waals surface area contributed by atoms with E-state index in [1.165, 1.54) is 0 Å². The van der Waals surface area contributed by atoms with Crippen LogP contribution in [0.15, 0.2) is 18.2 Å². The van der Waals surface area contributed by atoms with Crippen LogP contribution in [-0.2, 0) is 6.54 Å². The molecule has 2 rings (SSSR count). The number of nitrogens with one attached hydrogen (secondary N) is 1. The van der Waals surface area contributed by atoms with E-state index in [2.05, 4.69) is 10.3 Å². The molecule has 0 atom stereocenters. The summed E-state index contributed by atoms with van der Waals surface area (Å²) in [5.74, 6) is 0.383. The Kier molecular flexibility index (Phi) is 3.06. The lowest BCUT2D eigenvalue weighted by molar-refractivity contribution is 0.248. The minimum absolute atomic E-state index is 0.383. The molecule has 0 saturated heterocycles. The summed E-state index contributed by atoms with van der Waals surface area (Å²) in [5, 5.41) is 3.10. The highest BCUT2D eigenvalue weighted by atomic mass is 35.5. The zero-order valence-corrected chi connectivity index (χ0v) is 9.74. The van der Waals surface area contributed by atoms with E-state index >= 15 is 0 Å². The summed E-state index contributed by atoms with van der Waals surface area (Å²) in [5.41, 5.74) is 12.4. The van der Waals surface area contributed by atoms with Crippen LogP contribution in [0.3, 0.4) is 0 Å². The summed E-state index contributed by atoms with van der Waals surface area (Å²) in [4.78, 5) is 14.7. The third-order valence-electron chi connectivity index (χ3n) is 2.37. The van der Waals surface area contributed by atoms with E-state index in [1.54, 1.807) is 16.7 Å². The molecule has 90 valence electrons. The molecule has 0 saturated carbocycles. The topological polar surface area (TPSA) is 99.0 Å². The standard InChI is InChI=1S/C10H12ClN5O/c11-6-1-2-8-7(5-6)15-9(12)16(8)4-3-14-10(13)17/h1-2,5H,3-4H2,(H2,12,15)(H3,13,14,17). The van der Waals surface area contributed by atoms with Crippen molar-refractivity contribution in [1.29, 1.82) is 0 Å². The molecule has 1 aromatic carbocycles. The van der Waals surface area contributed by atoms with Gasteiger partial charge >= 0.3 is 6.03 Å². The molecular weight excluding hydrogens is 242 g/mol. The molecule has 2 amide bonds. The molecule has 0 fully saturated rings. The Labute approximate surface area is 103 Å². The lowest BCUT2D eigenvalue weighted by atomic mass is 10.3. The van der Waals surface area contributed by atoms with Gasteiger partial charge in [-0.15, -0.1) is 0 Å². The van der Waals surface area contributed by atoms with Gasteiger partial charge in [-0.1, -0.05) is 11.6 Å². The average Bonchev–Trinajstić information content (AvgIpc) is 2.54. The number of carbonyl (C=O) groups excluding carboxylic acids is 1. The van der Waals surface area contributed by atoms with Crippen molar-refractivity contribution in [3.05, 3.63) is 23.2 Å². The number of imidazole rings is 1. The number of hydrogen-bond donors (Lipinski definition) is 3. The fraction of sp³-hybridized carbons (Fsp3) is 0.200. The molecule has 0 spiro atoms. The second-order valence-electron chi connectivity index (χ2n) is 3.55. The molecule has 5 N–H and O–H groups in total. The maximum atomic E-state index is 10.6. The molecule has 1 aromatic heterocycles. The third-order valence-corrected chi connectivity index (χ3v) is 2.61. The van der Waals surface area contributed by atoms with Crippen LogP contribution < -0.4 is 16.8 Å². The molecule has 6 nitrogen and oxygen atoms in total. The number of nitrogens with zero attached hydrogens (tertiary/aromatic N) is 2. The van der Waals surface area contributed by atoms with Gasteiger partial charge in [0.05, 0.1) is 11.0 Å². The average molecular weight is 254 g/mol. The Morgan fingerprint density at radius 1 is 1.53 bits per heavy atom. The highest BCUT2D eigenvalue weighted by Gasteiger charge is 2.08. The summed E-state index contributed by atoms with van der Waals surface area (Å²) in [6, 6.07) is 4.79. The number of carbonyl (C=O) groups is 1. The minimum Gasteiger partial charge on any atom is -0.369 e. The van der Waals surface area contributed by atoms with Crippen LogP contribution in [0.5, 0.6) is 0 Å². The number of primary amides is 1. The van der Waals surface area contributed by atoms with Gasteiger partial charge in [-0.25, -0.2) is 9.78 Å².